The Bertz CT molecular complexity index is 496. The third kappa shape index (κ3) is 4.34. The van der Waals surface area contributed by atoms with E-state index >= 15 is 0 Å². The smallest absolute Gasteiger partial charge is 0.338 e. The van der Waals surface area contributed by atoms with E-state index in [1.165, 1.54) is 31.3 Å². The SMILES string of the molecule is CCCOC(=O)c1ccc(NS(=O)(=O)NC)cc1. The van der Waals surface area contributed by atoms with Gasteiger partial charge in [-0.15, -0.1) is 0 Å². The molecular formula is C11H16N2O4S. The molecule has 0 aromatic heterocycles. The predicted molar refractivity (Wildman–Crippen MR) is 68.6 cm³/mol. The summed E-state index contributed by atoms with van der Waals surface area (Å²) in [6.45, 7) is 2.27. The maximum Gasteiger partial charge on any atom is 0.338 e. The summed E-state index contributed by atoms with van der Waals surface area (Å²) in [4.78, 5) is 11.5. The molecule has 18 heavy (non-hydrogen) atoms. The Labute approximate surface area is 107 Å². The minimum absolute atomic E-state index is 0.368. The first kappa shape index (κ1) is 14.5. The number of esters is 1. The molecule has 0 aliphatic rings. The van der Waals surface area contributed by atoms with E-state index in [1.807, 2.05) is 6.92 Å². The first-order chi connectivity index (χ1) is 8.48. The van der Waals surface area contributed by atoms with E-state index in [1.54, 1.807) is 0 Å². The number of rotatable bonds is 6. The van der Waals surface area contributed by atoms with Gasteiger partial charge in [0.1, 0.15) is 0 Å². The number of ether oxygens (including phenoxy) is 1. The van der Waals surface area contributed by atoms with Gasteiger partial charge in [0.15, 0.2) is 0 Å². The summed E-state index contributed by atoms with van der Waals surface area (Å²) in [5, 5.41) is 0. The van der Waals surface area contributed by atoms with Gasteiger partial charge >= 0.3 is 5.97 Å². The van der Waals surface area contributed by atoms with Crippen LogP contribution in [0, 0.1) is 0 Å². The number of carbonyl (C=O) groups excluding carboxylic acids is 1. The monoisotopic (exact) mass is 272 g/mol. The van der Waals surface area contributed by atoms with Crippen LogP contribution in [0.15, 0.2) is 24.3 Å². The molecule has 100 valence electrons. The highest BCUT2D eigenvalue weighted by atomic mass is 32.2. The molecule has 0 atom stereocenters. The summed E-state index contributed by atoms with van der Waals surface area (Å²) in [5.41, 5.74) is 0.757. The average Bonchev–Trinajstić information content (AvgIpc) is 2.36. The quantitative estimate of drug-likeness (QED) is 0.760. The van der Waals surface area contributed by atoms with Crippen LogP contribution in [0.3, 0.4) is 0 Å². The zero-order valence-electron chi connectivity index (χ0n) is 10.3. The van der Waals surface area contributed by atoms with Gasteiger partial charge in [-0.3, -0.25) is 4.72 Å². The molecule has 0 saturated heterocycles. The molecular weight excluding hydrogens is 256 g/mol. The van der Waals surface area contributed by atoms with E-state index in [9.17, 15) is 13.2 Å². The van der Waals surface area contributed by atoms with Gasteiger partial charge in [0, 0.05) is 12.7 Å². The number of hydrogen-bond donors (Lipinski definition) is 2. The lowest BCUT2D eigenvalue weighted by molar-refractivity contribution is 0.0505. The molecule has 1 aromatic carbocycles. The summed E-state index contributed by atoms with van der Waals surface area (Å²) in [5.74, 6) is -0.417. The molecule has 0 fully saturated rings. The van der Waals surface area contributed by atoms with Crippen LogP contribution in [0.1, 0.15) is 23.7 Å². The zero-order valence-corrected chi connectivity index (χ0v) is 11.1. The maximum absolute atomic E-state index is 11.5. The highest BCUT2D eigenvalue weighted by Gasteiger charge is 2.09. The van der Waals surface area contributed by atoms with Gasteiger partial charge < -0.3 is 4.74 Å². The van der Waals surface area contributed by atoms with Crippen LogP contribution in [0.4, 0.5) is 5.69 Å². The molecule has 0 aliphatic heterocycles. The maximum atomic E-state index is 11.5. The molecule has 6 nitrogen and oxygen atoms in total. The van der Waals surface area contributed by atoms with Crippen LogP contribution < -0.4 is 9.44 Å². The fourth-order valence-electron chi connectivity index (χ4n) is 1.16. The standard InChI is InChI=1S/C11H16N2O4S/c1-3-8-17-11(14)9-4-6-10(7-5-9)13-18(15,16)12-2/h4-7,12-13H,3,8H2,1-2H3. The fraction of sp³-hybridized carbons (Fsp3) is 0.364. The van der Waals surface area contributed by atoms with E-state index in [-0.39, 0.29) is 0 Å². The topological polar surface area (TPSA) is 84.5 Å². The Hall–Kier alpha value is -1.60. The fourth-order valence-corrected chi connectivity index (χ4v) is 1.71. The lowest BCUT2D eigenvalue weighted by Crippen LogP contribution is -2.26. The summed E-state index contributed by atoms with van der Waals surface area (Å²) in [7, 11) is -2.23. The second kappa shape index (κ2) is 6.36. The molecule has 7 heteroatoms. The Morgan fingerprint density at radius 2 is 1.89 bits per heavy atom. The van der Waals surface area contributed by atoms with Crippen molar-refractivity contribution < 1.29 is 17.9 Å². The average molecular weight is 272 g/mol. The van der Waals surface area contributed by atoms with Crippen molar-refractivity contribution in [2.24, 2.45) is 0 Å². The van der Waals surface area contributed by atoms with Crippen LogP contribution in [0.2, 0.25) is 0 Å². The lowest BCUT2D eigenvalue weighted by Gasteiger charge is -2.07. The van der Waals surface area contributed by atoms with Crippen LogP contribution in [-0.4, -0.2) is 28.0 Å². The molecule has 1 aromatic rings. The third-order valence-corrected chi connectivity index (χ3v) is 3.12. The molecule has 0 aliphatic carbocycles. The van der Waals surface area contributed by atoms with Crippen LogP contribution >= 0.6 is 0 Å². The normalized spacial score (nSPS) is 11.0. The predicted octanol–water partition coefficient (Wildman–Crippen LogP) is 1.13. The number of hydrogen-bond acceptors (Lipinski definition) is 4. The van der Waals surface area contributed by atoms with Crippen LogP contribution in [0.5, 0.6) is 0 Å². The zero-order chi connectivity index (χ0) is 13.6. The third-order valence-electron chi connectivity index (χ3n) is 2.08. The van der Waals surface area contributed by atoms with E-state index in [2.05, 4.69) is 9.44 Å². The number of benzene rings is 1. The first-order valence-electron chi connectivity index (χ1n) is 5.47. The molecule has 0 unspecified atom stereocenters. The van der Waals surface area contributed by atoms with E-state index < -0.39 is 16.2 Å². The first-order valence-corrected chi connectivity index (χ1v) is 6.95. The highest BCUT2D eigenvalue weighted by molar-refractivity contribution is 7.90. The Kier molecular flexibility index (Phi) is 5.11. The van der Waals surface area contributed by atoms with Crippen molar-refractivity contribution in [3.05, 3.63) is 29.8 Å². The molecule has 1 rings (SSSR count). The van der Waals surface area contributed by atoms with Crippen molar-refractivity contribution in [2.75, 3.05) is 18.4 Å². The summed E-state index contributed by atoms with van der Waals surface area (Å²) in [6, 6.07) is 6.01. The van der Waals surface area contributed by atoms with Gasteiger partial charge in [-0.2, -0.15) is 8.42 Å². The largest absolute Gasteiger partial charge is 0.462 e. The minimum Gasteiger partial charge on any atom is -0.462 e. The molecule has 0 amide bonds. The summed E-state index contributed by atoms with van der Waals surface area (Å²) in [6.07, 6.45) is 0.756. The minimum atomic E-state index is -3.54. The molecule has 0 bridgehead atoms. The van der Waals surface area contributed by atoms with Crippen LogP contribution in [0.25, 0.3) is 0 Å². The second-order valence-electron chi connectivity index (χ2n) is 3.52. The molecule has 0 spiro atoms. The summed E-state index contributed by atoms with van der Waals surface area (Å²) >= 11 is 0. The Balaban J connectivity index is 2.71. The van der Waals surface area contributed by atoms with Crippen molar-refractivity contribution in [1.82, 2.24) is 4.72 Å². The number of anilines is 1. The number of nitrogens with one attached hydrogen (secondary N) is 2. The van der Waals surface area contributed by atoms with Crippen molar-refractivity contribution in [2.45, 2.75) is 13.3 Å². The van der Waals surface area contributed by atoms with Crippen molar-refractivity contribution in [3.63, 3.8) is 0 Å². The molecule has 0 saturated carbocycles. The molecule has 2 N–H and O–H groups in total. The van der Waals surface area contributed by atoms with E-state index in [0.717, 1.165) is 6.42 Å². The Morgan fingerprint density at radius 1 is 1.28 bits per heavy atom. The van der Waals surface area contributed by atoms with Crippen molar-refractivity contribution >= 4 is 21.9 Å². The van der Waals surface area contributed by atoms with Crippen LogP contribution in [-0.2, 0) is 14.9 Å². The van der Waals surface area contributed by atoms with Gasteiger partial charge in [0.2, 0.25) is 0 Å². The van der Waals surface area contributed by atoms with Crippen molar-refractivity contribution in [1.29, 1.82) is 0 Å². The van der Waals surface area contributed by atoms with Gasteiger partial charge in [-0.25, -0.2) is 9.52 Å². The molecule has 0 radical (unpaired) electrons. The van der Waals surface area contributed by atoms with Gasteiger partial charge in [-0.1, -0.05) is 6.92 Å². The Morgan fingerprint density at radius 3 is 2.39 bits per heavy atom. The van der Waals surface area contributed by atoms with Gasteiger partial charge in [0.05, 0.1) is 12.2 Å². The second-order valence-corrected chi connectivity index (χ2v) is 5.14. The number of carbonyl (C=O) groups is 1. The van der Waals surface area contributed by atoms with E-state index in [0.29, 0.717) is 17.9 Å². The lowest BCUT2D eigenvalue weighted by atomic mass is 10.2. The van der Waals surface area contributed by atoms with Gasteiger partial charge in [0.25, 0.3) is 10.2 Å². The highest BCUT2D eigenvalue weighted by Crippen LogP contribution is 2.11. The van der Waals surface area contributed by atoms with Gasteiger partial charge in [-0.05, 0) is 30.7 Å². The summed E-state index contributed by atoms with van der Waals surface area (Å²) < 4.78 is 31.8. The van der Waals surface area contributed by atoms with Crippen molar-refractivity contribution in [3.8, 4) is 0 Å². The van der Waals surface area contributed by atoms with E-state index in [4.69, 9.17) is 4.74 Å². The molecule has 0 heterocycles.